The van der Waals surface area contributed by atoms with Crippen LogP contribution < -0.4 is 0 Å². The van der Waals surface area contributed by atoms with E-state index in [1.165, 1.54) is 12.2 Å². The molecule has 0 fully saturated rings. The number of hydrogen-bond acceptors (Lipinski definition) is 2. The van der Waals surface area contributed by atoms with Gasteiger partial charge in [-0.2, -0.15) is 0 Å². The second-order valence-corrected chi connectivity index (χ2v) is 0.683. The van der Waals surface area contributed by atoms with E-state index in [1.54, 1.807) is 0 Å². The fourth-order valence-corrected chi connectivity index (χ4v) is 0.0960. The quantitative estimate of drug-likeness (QED) is 0.367. The van der Waals surface area contributed by atoms with Crippen LogP contribution in [0.25, 0.3) is 0 Å². The van der Waals surface area contributed by atoms with Gasteiger partial charge in [0.05, 0.1) is 6.20 Å². The summed E-state index contributed by atoms with van der Waals surface area (Å²) in [5.41, 5.74) is 0. The predicted octanol–water partition coefficient (Wildman–Crippen LogP) is 1.45. The van der Waals surface area contributed by atoms with E-state index in [4.69, 9.17) is 0 Å². The molecule has 0 unspecified atom stereocenters. The monoisotopic (exact) mass is 83.0 g/mol. The molecule has 0 atom stereocenters. The lowest BCUT2D eigenvalue weighted by molar-refractivity contribution is 1.54. The van der Waals surface area contributed by atoms with Crippen LogP contribution in [0.2, 0.25) is 0 Å². The fourth-order valence-electron chi connectivity index (χ4n) is 0.0960. The lowest BCUT2D eigenvalue weighted by atomic mass is 10.6. The maximum absolute atomic E-state index is 9.18. The first-order chi connectivity index (χ1) is 2.91. The number of rotatable bonds is 2. The van der Waals surface area contributed by atoms with E-state index in [0.717, 1.165) is 6.20 Å². The molecule has 32 valence electrons. The van der Waals surface area contributed by atoms with E-state index in [1.807, 2.05) is 0 Å². The van der Waals surface area contributed by atoms with Gasteiger partial charge in [-0.05, 0) is 11.3 Å². The lowest BCUT2D eigenvalue weighted by Gasteiger charge is -1.56. The lowest BCUT2D eigenvalue weighted by Crippen LogP contribution is -1.38. The molecular weight excluding hydrogens is 78.0 g/mol. The minimum absolute atomic E-state index is 1.13. The SMILES string of the molecule is C=C/C=C/N=O. The summed E-state index contributed by atoms with van der Waals surface area (Å²) in [6.45, 7) is 3.31. The molecule has 0 aliphatic carbocycles. The number of nitrogens with zero attached hydrogens (tertiary/aromatic N) is 1. The Bertz CT molecular complexity index is 65.6. The van der Waals surface area contributed by atoms with Crippen molar-refractivity contribution in [3.05, 3.63) is 29.8 Å². The van der Waals surface area contributed by atoms with E-state index in [-0.39, 0.29) is 0 Å². The molecule has 0 heterocycles. The maximum atomic E-state index is 9.18. The van der Waals surface area contributed by atoms with Crippen molar-refractivity contribution >= 4 is 0 Å². The van der Waals surface area contributed by atoms with Crippen LogP contribution in [0.3, 0.4) is 0 Å². The average molecular weight is 83.1 g/mol. The van der Waals surface area contributed by atoms with Gasteiger partial charge in [-0.15, -0.1) is 4.91 Å². The Morgan fingerprint density at radius 1 is 1.67 bits per heavy atom. The van der Waals surface area contributed by atoms with Crippen molar-refractivity contribution in [2.75, 3.05) is 0 Å². The molecule has 0 N–H and O–H groups in total. The van der Waals surface area contributed by atoms with Crippen molar-refractivity contribution in [3.63, 3.8) is 0 Å². The van der Waals surface area contributed by atoms with E-state index in [9.17, 15) is 4.91 Å². The Hall–Kier alpha value is -0.920. The summed E-state index contributed by atoms with van der Waals surface area (Å²) in [5.74, 6) is 0. The summed E-state index contributed by atoms with van der Waals surface area (Å²) in [6, 6.07) is 0. The predicted molar refractivity (Wildman–Crippen MR) is 25.1 cm³/mol. The van der Waals surface area contributed by atoms with E-state index < -0.39 is 0 Å². The Labute approximate surface area is 36.1 Å². The summed E-state index contributed by atoms with van der Waals surface area (Å²) in [6.07, 6.45) is 4.08. The Balaban J connectivity index is 3.17. The molecule has 0 aliphatic rings. The number of hydrogen-bond donors (Lipinski definition) is 0. The van der Waals surface area contributed by atoms with Crippen LogP contribution >= 0.6 is 0 Å². The zero-order chi connectivity index (χ0) is 4.83. The molecular formula is C4H5NO. The first-order valence-corrected chi connectivity index (χ1v) is 1.52. The summed E-state index contributed by atoms with van der Waals surface area (Å²) in [7, 11) is 0. The molecule has 0 saturated heterocycles. The molecule has 0 aromatic carbocycles. The maximum Gasteiger partial charge on any atom is 0.0714 e. The van der Waals surface area contributed by atoms with Crippen LogP contribution in [-0.4, -0.2) is 0 Å². The van der Waals surface area contributed by atoms with Crippen LogP contribution in [0, 0.1) is 4.91 Å². The second-order valence-electron chi connectivity index (χ2n) is 0.683. The summed E-state index contributed by atoms with van der Waals surface area (Å²) >= 11 is 0. The molecule has 0 rings (SSSR count). The van der Waals surface area contributed by atoms with E-state index in [2.05, 4.69) is 11.8 Å². The van der Waals surface area contributed by atoms with Crippen molar-refractivity contribution in [1.82, 2.24) is 0 Å². The van der Waals surface area contributed by atoms with Gasteiger partial charge in [0.2, 0.25) is 0 Å². The van der Waals surface area contributed by atoms with Gasteiger partial charge < -0.3 is 0 Å². The van der Waals surface area contributed by atoms with Gasteiger partial charge in [-0.3, -0.25) is 0 Å². The molecule has 6 heavy (non-hydrogen) atoms. The Kier molecular flexibility index (Phi) is 3.45. The average Bonchev–Trinajstić information content (AvgIpc) is 1.61. The normalized spacial score (nSPS) is 8.67. The molecule has 0 amide bonds. The van der Waals surface area contributed by atoms with Gasteiger partial charge in [-0.25, -0.2) is 0 Å². The number of allylic oxidation sites excluding steroid dienone is 2. The highest BCUT2D eigenvalue weighted by Crippen LogP contribution is 1.69. The van der Waals surface area contributed by atoms with Gasteiger partial charge in [0.1, 0.15) is 0 Å². The van der Waals surface area contributed by atoms with Gasteiger partial charge in [0, 0.05) is 0 Å². The van der Waals surface area contributed by atoms with Crippen molar-refractivity contribution in [3.8, 4) is 0 Å². The van der Waals surface area contributed by atoms with E-state index in [0.29, 0.717) is 0 Å². The zero-order valence-corrected chi connectivity index (χ0v) is 3.29. The smallest absolute Gasteiger partial charge is 0.0714 e. The molecule has 2 nitrogen and oxygen atoms in total. The van der Waals surface area contributed by atoms with Crippen LogP contribution in [0.15, 0.2) is 30.1 Å². The third kappa shape index (κ3) is 3.08. The largest absolute Gasteiger partial charge is 0.145 e. The molecule has 2 heteroatoms. The van der Waals surface area contributed by atoms with Crippen molar-refractivity contribution in [2.45, 2.75) is 0 Å². The highest BCUT2D eigenvalue weighted by molar-refractivity contribution is 4.95. The molecule has 0 saturated carbocycles. The van der Waals surface area contributed by atoms with Crippen molar-refractivity contribution in [1.29, 1.82) is 0 Å². The fraction of sp³-hybridized carbons (Fsp3) is 0. The van der Waals surface area contributed by atoms with Crippen LogP contribution in [0.5, 0.6) is 0 Å². The molecule has 0 bridgehead atoms. The summed E-state index contributed by atoms with van der Waals surface area (Å²) < 4.78 is 0. The zero-order valence-electron chi connectivity index (χ0n) is 3.29. The van der Waals surface area contributed by atoms with Crippen LogP contribution in [0.4, 0.5) is 0 Å². The first kappa shape index (κ1) is 5.08. The van der Waals surface area contributed by atoms with Crippen molar-refractivity contribution < 1.29 is 0 Å². The van der Waals surface area contributed by atoms with Gasteiger partial charge >= 0.3 is 0 Å². The highest BCUT2D eigenvalue weighted by Gasteiger charge is 1.52. The minimum atomic E-state index is 1.13. The molecule has 0 aromatic heterocycles. The van der Waals surface area contributed by atoms with Crippen LogP contribution in [0.1, 0.15) is 0 Å². The van der Waals surface area contributed by atoms with Gasteiger partial charge in [0.25, 0.3) is 0 Å². The highest BCUT2D eigenvalue weighted by atomic mass is 16.2. The molecule has 0 radical (unpaired) electrons. The Morgan fingerprint density at radius 2 is 2.33 bits per heavy atom. The number of nitroso groups, excluding NO2 is 1. The topological polar surface area (TPSA) is 29.4 Å². The summed E-state index contributed by atoms with van der Waals surface area (Å²) in [5, 5.41) is 2.42. The van der Waals surface area contributed by atoms with Gasteiger partial charge in [-0.1, -0.05) is 12.7 Å². The molecule has 0 aromatic rings. The Morgan fingerprint density at radius 3 is 2.50 bits per heavy atom. The standard InChI is InChI=1S/C4H5NO/c1-2-3-4-5-6/h2-4H,1H2/b4-3+. The van der Waals surface area contributed by atoms with Crippen molar-refractivity contribution in [2.24, 2.45) is 5.18 Å². The third-order valence-corrected chi connectivity index (χ3v) is 0.283. The minimum Gasteiger partial charge on any atom is -0.145 e. The second kappa shape index (κ2) is 4.08. The molecule has 0 aliphatic heterocycles. The van der Waals surface area contributed by atoms with Crippen LogP contribution in [-0.2, 0) is 0 Å². The first-order valence-electron chi connectivity index (χ1n) is 1.52. The van der Waals surface area contributed by atoms with Gasteiger partial charge in [0.15, 0.2) is 0 Å². The molecule has 0 spiro atoms. The third-order valence-electron chi connectivity index (χ3n) is 0.283. The van der Waals surface area contributed by atoms with E-state index >= 15 is 0 Å². The summed E-state index contributed by atoms with van der Waals surface area (Å²) in [4.78, 5) is 9.18.